The second kappa shape index (κ2) is 13.6. The molecule has 2 aromatic rings. The van der Waals surface area contributed by atoms with Crippen molar-refractivity contribution >= 4 is 5.91 Å². The monoisotopic (exact) mass is 626 g/mol. The summed E-state index contributed by atoms with van der Waals surface area (Å²) in [5.41, 5.74) is 3.31. The number of benzene rings is 2. The highest BCUT2D eigenvalue weighted by molar-refractivity contribution is 5.77. The first-order valence-electron chi connectivity index (χ1n) is 18.3. The van der Waals surface area contributed by atoms with Crippen LogP contribution >= 0.6 is 0 Å². The van der Waals surface area contributed by atoms with Gasteiger partial charge >= 0.3 is 0 Å². The summed E-state index contributed by atoms with van der Waals surface area (Å²) in [6, 6.07) is 12.8. The lowest BCUT2D eigenvalue weighted by atomic mass is 9.50. The number of phenolic OH excluding ortho intramolecular Hbond substituents is 1. The van der Waals surface area contributed by atoms with E-state index in [1.54, 1.807) is 13.2 Å². The Morgan fingerprint density at radius 1 is 1.13 bits per heavy atom. The SMILES string of the molecule is C=CCN1CC[C@]23c4c5c(O)cc(OC)c4O[C@H]2[C@@H](N(CCCc2ccccc2)C(=O)CCCCC2CCCCC2)CC[C@H]3[C@H]1C5. The summed E-state index contributed by atoms with van der Waals surface area (Å²) in [7, 11) is 1.67. The molecule has 2 aliphatic heterocycles. The number of likely N-dealkylation sites (tertiary alicyclic amines) is 1. The van der Waals surface area contributed by atoms with E-state index in [2.05, 4.69) is 46.7 Å². The van der Waals surface area contributed by atoms with Crippen LogP contribution < -0.4 is 9.47 Å². The smallest absolute Gasteiger partial charge is 0.222 e. The molecule has 1 saturated heterocycles. The highest BCUT2D eigenvalue weighted by Crippen LogP contribution is 2.65. The maximum Gasteiger partial charge on any atom is 0.222 e. The van der Waals surface area contributed by atoms with Crippen LogP contribution in [-0.4, -0.2) is 65.7 Å². The number of carbonyl (C=O) groups is 1. The fourth-order valence-corrected chi connectivity index (χ4v) is 10.4. The van der Waals surface area contributed by atoms with Crippen molar-refractivity contribution in [2.75, 3.05) is 26.7 Å². The van der Waals surface area contributed by atoms with Crippen LogP contribution in [0.15, 0.2) is 49.1 Å². The molecule has 3 fully saturated rings. The Hall–Kier alpha value is -2.99. The molecule has 5 aliphatic rings. The lowest BCUT2D eigenvalue weighted by molar-refractivity contribution is -0.142. The minimum absolute atomic E-state index is 0.00895. The Bertz CT molecular complexity index is 1390. The third-order valence-electron chi connectivity index (χ3n) is 12.5. The van der Waals surface area contributed by atoms with E-state index in [1.165, 1.54) is 49.7 Å². The van der Waals surface area contributed by atoms with Crippen molar-refractivity contribution in [3.05, 3.63) is 65.7 Å². The van der Waals surface area contributed by atoms with Crippen LogP contribution in [0, 0.1) is 11.8 Å². The molecular weight excluding hydrogens is 572 g/mol. The molecule has 1 N–H and O–H groups in total. The van der Waals surface area contributed by atoms with E-state index in [0.717, 1.165) is 88.2 Å². The highest BCUT2D eigenvalue weighted by Gasteiger charge is 2.67. The lowest BCUT2D eigenvalue weighted by Crippen LogP contribution is -2.69. The van der Waals surface area contributed by atoms with Gasteiger partial charge in [-0.05, 0) is 68.9 Å². The van der Waals surface area contributed by atoms with E-state index in [4.69, 9.17) is 9.47 Å². The number of nitrogens with zero attached hydrogens (tertiary/aromatic N) is 2. The minimum atomic E-state index is -0.223. The van der Waals surface area contributed by atoms with Gasteiger partial charge in [0, 0.05) is 48.2 Å². The highest BCUT2D eigenvalue weighted by atomic mass is 16.5. The fourth-order valence-electron chi connectivity index (χ4n) is 10.4. The van der Waals surface area contributed by atoms with Gasteiger partial charge in [0.2, 0.25) is 5.91 Å². The largest absolute Gasteiger partial charge is 0.508 e. The number of aryl methyl sites for hydroxylation is 1. The van der Waals surface area contributed by atoms with Crippen molar-refractivity contribution in [3.8, 4) is 17.2 Å². The van der Waals surface area contributed by atoms with Crippen molar-refractivity contribution in [2.45, 2.75) is 120 Å². The molecule has 1 spiro atoms. The molecule has 0 unspecified atom stereocenters. The van der Waals surface area contributed by atoms with E-state index in [9.17, 15) is 9.90 Å². The average Bonchev–Trinajstić information content (AvgIpc) is 3.42. The molecule has 6 nitrogen and oxygen atoms in total. The van der Waals surface area contributed by atoms with Gasteiger partial charge in [-0.1, -0.05) is 81.4 Å². The van der Waals surface area contributed by atoms with Gasteiger partial charge in [0.05, 0.1) is 13.2 Å². The molecule has 7 rings (SSSR count). The van der Waals surface area contributed by atoms with Gasteiger partial charge in [0.25, 0.3) is 0 Å². The van der Waals surface area contributed by atoms with E-state index < -0.39 is 0 Å². The summed E-state index contributed by atoms with van der Waals surface area (Å²) < 4.78 is 12.9. The number of methoxy groups -OCH3 is 1. The zero-order valence-corrected chi connectivity index (χ0v) is 27.9. The van der Waals surface area contributed by atoms with Crippen LogP contribution in [0.3, 0.4) is 0 Å². The number of phenols is 1. The van der Waals surface area contributed by atoms with Crippen molar-refractivity contribution in [1.29, 1.82) is 0 Å². The molecule has 2 saturated carbocycles. The number of carbonyl (C=O) groups excluding carboxylic acids is 1. The Kier molecular flexibility index (Phi) is 9.36. The van der Waals surface area contributed by atoms with E-state index in [0.29, 0.717) is 35.8 Å². The topological polar surface area (TPSA) is 62.2 Å². The van der Waals surface area contributed by atoms with Crippen LogP contribution in [0.1, 0.15) is 100 Å². The summed E-state index contributed by atoms with van der Waals surface area (Å²) >= 11 is 0. The van der Waals surface area contributed by atoms with Crippen LogP contribution in [0.4, 0.5) is 0 Å². The maximum absolute atomic E-state index is 14.3. The molecule has 5 atom stereocenters. The molecule has 0 radical (unpaired) electrons. The number of hydrogen-bond acceptors (Lipinski definition) is 5. The zero-order chi connectivity index (χ0) is 31.7. The van der Waals surface area contributed by atoms with Gasteiger partial charge in [-0.3, -0.25) is 9.69 Å². The second-order valence-electron chi connectivity index (χ2n) is 14.8. The predicted molar refractivity (Wildman–Crippen MR) is 183 cm³/mol. The Labute approximate surface area is 276 Å². The number of rotatable bonds is 13. The first-order chi connectivity index (χ1) is 22.5. The summed E-state index contributed by atoms with van der Waals surface area (Å²) in [5, 5.41) is 11.3. The molecule has 248 valence electrons. The second-order valence-corrected chi connectivity index (χ2v) is 14.8. The first-order valence-corrected chi connectivity index (χ1v) is 18.3. The Balaban J connectivity index is 1.17. The number of unbranched alkanes of at least 4 members (excludes halogenated alkanes) is 1. The summed E-state index contributed by atoms with van der Waals surface area (Å²) in [6.45, 7) is 6.64. The fraction of sp³-hybridized carbons (Fsp3) is 0.625. The summed E-state index contributed by atoms with van der Waals surface area (Å²) in [4.78, 5) is 19.1. The van der Waals surface area contributed by atoms with Crippen LogP contribution in [0.2, 0.25) is 0 Å². The molecule has 6 heteroatoms. The number of amides is 1. The van der Waals surface area contributed by atoms with Gasteiger partial charge in [-0.25, -0.2) is 0 Å². The lowest BCUT2D eigenvalue weighted by Gasteiger charge is -2.60. The zero-order valence-electron chi connectivity index (χ0n) is 27.9. The molecule has 2 aromatic carbocycles. The Morgan fingerprint density at radius 2 is 1.96 bits per heavy atom. The van der Waals surface area contributed by atoms with Crippen LogP contribution in [0.25, 0.3) is 0 Å². The number of aromatic hydroxyl groups is 1. The van der Waals surface area contributed by atoms with Crippen molar-refractivity contribution < 1.29 is 19.4 Å². The summed E-state index contributed by atoms with van der Waals surface area (Å²) in [5.74, 6) is 3.32. The van der Waals surface area contributed by atoms with Gasteiger partial charge in [0.15, 0.2) is 11.5 Å². The molecule has 3 aliphatic carbocycles. The third-order valence-corrected chi connectivity index (χ3v) is 12.5. The van der Waals surface area contributed by atoms with Gasteiger partial charge in [-0.2, -0.15) is 0 Å². The van der Waals surface area contributed by atoms with Crippen molar-refractivity contribution in [3.63, 3.8) is 0 Å². The average molecular weight is 627 g/mol. The summed E-state index contributed by atoms with van der Waals surface area (Å²) in [6.07, 6.45) is 18.5. The molecule has 2 bridgehead atoms. The van der Waals surface area contributed by atoms with Crippen LogP contribution in [0.5, 0.6) is 17.2 Å². The number of hydrogen-bond donors (Lipinski definition) is 1. The van der Waals surface area contributed by atoms with Gasteiger partial charge in [-0.15, -0.1) is 6.58 Å². The quantitative estimate of drug-likeness (QED) is 0.183. The Morgan fingerprint density at radius 3 is 2.74 bits per heavy atom. The molecule has 0 aromatic heterocycles. The maximum atomic E-state index is 14.3. The first kappa shape index (κ1) is 31.6. The van der Waals surface area contributed by atoms with Gasteiger partial charge in [0.1, 0.15) is 11.9 Å². The standard InChI is InChI=1S/C40H54N2O4/c1-3-23-41-25-22-40-31-20-21-32(39(40)46-38-35(45-2)27-34(43)30(37(38)40)26-33(31)41)42(24-12-18-29-15-8-5-9-16-29)36(44)19-11-10-17-28-13-6-4-7-14-28/h3,5,8-9,15-16,27-28,31-33,39,43H,1,4,6-7,10-14,17-26H2,2H3/t31-,32-,33+,39-,40-/m0/s1. The van der Waals surface area contributed by atoms with Gasteiger partial charge < -0.3 is 19.5 Å². The molecule has 1 amide bonds. The van der Waals surface area contributed by atoms with Crippen molar-refractivity contribution in [1.82, 2.24) is 9.80 Å². The third kappa shape index (κ3) is 5.63. The molecule has 2 heterocycles. The van der Waals surface area contributed by atoms with E-state index in [1.807, 2.05) is 6.08 Å². The van der Waals surface area contributed by atoms with E-state index in [-0.39, 0.29) is 17.6 Å². The number of piperidine rings is 1. The van der Waals surface area contributed by atoms with E-state index >= 15 is 0 Å². The van der Waals surface area contributed by atoms with Crippen LogP contribution in [-0.2, 0) is 23.1 Å². The van der Waals surface area contributed by atoms with Crippen molar-refractivity contribution in [2.24, 2.45) is 11.8 Å². The predicted octanol–water partition coefficient (Wildman–Crippen LogP) is 7.60. The number of ether oxygens (including phenoxy) is 2. The molecular formula is C40H54N2O4. The minimum Gasteiger partial charge on any atom is -0.508 e. The molecule has 46 heavy (non-hydrogen) atoms. The normalized spacial score (nSPS) is 28.3.